The van der Waals surface area contributed by atoms with Gasteiger partial charge in [-0.1, -0.05) is 171 Å². The van der Waals surface area contributed by atoms with Crippen molar-refractivity contribution in [3.63, 3.8) is 0 Å². The van der Waals surface area contributed by atoms with Gasteiger partial charge in [-0.25, -0.2) is 0 Å². The van der Waals surface area contributed by atoms with E-state index in [1.165, 1.54) is 128 Å². The Kier molecular flexibility index (Phi) is 20.2. The Labute approximate surface area is 305 Å². The summed E-state index contributed by atoms with van der Waals surface area (Å²) in [5, 5.41) is 0. The van der Waals surface area contributed by atoms with E-state index < -0.39 is 0 Å². The third-order valence-electron chi connectivity index (χ3n) is 15.7. The molecule has 0 nitrogen and oxygen atoms in total. The van der Waals surface area contributed by atoms with Crippen molar-refractivity contribution in [3.8, 4) is 0 Å². The van der Waals surface area contributed by atoms with Crippen molar-refractivity contribution in [1.82, 2.24) is 0 Å². The van der Waals surface area contributed by atoms with Crippen LogP contribution in [0.5, 0.6) is 0 Å². The van der Waals surface area contributed by atoms with Crippen molar-refractivity contribution in [2.75, 3.05) is 0 Å². The van der Waals surface area contributed by atoms with Gasteiger partial charge in [0, 0.05) is 0 Å². The van der Waals surface area contributed by atoms with Crippen molar-refractivity contribution in [2.45, 2.75) is 236 Å². The lowest BCUT2D eigenvalue weighted by Crippen LogP contribution is -2.55. The zero-order valence-corrected chi connectivity index (χ0v) is 34.9. The maximum atomic E-state index is 2.72. The molecule has 0 aromatic heterocycles. The van der Waals surface area contributed by atoms with Gasteiger partial charge in [-0.2, -0.15) is 0 Å². The predicted octanol–water partition coefficient (Wildman–Crippen LogP) is 16.5. The van der Waals surface area contributed by atoms with Gasteiger partial charge in [0.15, 0.2) is 0 Å². The van der Waals surface area contributed by atoms with Gasteiger partial charge in [-0.3, -0.25) is 0 Å². The first-order chi connectivity index (χ1) is 23.4. The van der Waals surface area contributed by atoms with Crippen LogP contribution in [0.3, 0.4) is 0 Å². The normalized spacial score (nSPS) is 29.2. The van der Waals surface area contributed by atoms with Crippen LogP contribution in [0.1, 0.15) is 236 Å². The summed E-state index contributed by atoms with van der Waals surface area (Å²) in [5.41, 5.74) is 0.749. The van der Waals surface area contributed by atoms with Gasteiger partial charge in [-0.15, -0.1) is 0 Å². The van der Waals surface area contributed by atoms with E-state index in [0.717, 1.165) is 70.5 Å². The average Bonchev–Trinajstić information content (AvgIpc) is 3.58. The Morgan fingerprint density at radius 1 is 0.438 bits per heavy atom. The summed E-state index contributed by atoms with van der Waals surface area (Å²) in [6.45, 7) is 22.6. The minimum Gasteiger partial charge on any atom is -0.0654 e. The number of unbranched alkanes of at least 4 members (excludes halogenated alkanes) is 7. The molecule has 1 spiro atoms. The van der Waals surface area contributed by atoms with E-state index in [4.69, 9.17) is 0 Å². The predicted molar refractivity (Wildman–Crippen MR) is 217 cm³/mol. The average molecular weight is 669 g/mol. The highest BCUT2D eigenvalue weighted by Crippen LogP contribution is 2.75. The minimum absolute atomic E-state index is 0.749. The molecule has 3 rings (SSSR count). The summed E-state index contributed by atoms with van der Waals surface area (Å²) in [5.74, 6) is 11.0. The lowest BCUT2D eigenvalue weighted by atomic mass is 9.43. The third kappa shape index (κ3) is 10.5. The lowest BCUT2D eigenvalue weighted by molar-refractivity contribution is -0.128. The molecule has 2 bridgehead atoms. The summed E-state index contributed by atoms with van der Waals surface area (Å²) in [7, 11) is 0. The van der Waals surface area contributed by atoms with E-state index in [0.29, 0.717) is 0 Å². The third-order valence-corrected chi connectivity index (χ3v) is 15.7. The first-order valence-corrected chi connectivity index (χ1v) is 23.4. The Morgan fingerprint density at radius 2 is 0.875 bits per heavy atom. The van der Waals surface area contributed by atoms with Crippen LogP contribution in [-0.2, 0) is 0 Å². The maximum Gasteiger partial charge on any atom is -0.0209 e. The van der Waals surface area contributed by atoms with Crippen LogP contribution in [0.15, 0.2) is 0 Å². The monoisotopic (exact) mass is 669 g/mol. The number of hydrogen-bond donors (Lipinski definition) is 0. The van der Waals surface area contributed by atoms with Crippen LogP contribution in [-0.4, -0.2) is 0 Å². The number of hydrogen-bond acceptors (Lipinski definition) is 0. The van der Waals surface area contributed by atoms with Gasteiger partial charge in [0.25, 0.3) is 0 Å². The van der Waals surface area contributed by atoms with Crippen molar-refractivity contribution in [2.24, 2.45) is 70.5 Å². The molecule has 3 saturated carbocycles. The van der Waals surface area contributed by atoms with Crippen LogP contribution in [0.25, 0.3) is 0 Å². The molecule has 3 aliphatic rings. The van der Waals surface area contributed by atoms with Crippen LogP contribution in [0.4, 0.5) is 0 Å². The van der Waals surface area contributed by atoms with Gasteiger partial charge in [-0.05, 0) is 135 Å². The van der Waals surface area contributed by atoms with Crippen molar-refractivity contribution in [1.29, 1.82) is 0 Å². The minimum atomic E-state index is 0.749. The summed E-state index contributed by atoms with van der Waals surface area (Å²) in [6, 6.07) is 0. The van der Waals surface area contributed by atoms with Crippen molar-refractivity contribution >= 4 is 0 Å². The molecule has 284 valence electrons. The summed E-state index contributed by atoms with van der Waals surface area (Å²) < 4.78 is 0. The molecule has 0 aliphatic heterocycles. The zero-order valence-electron chi connectivity index (χ0n) is 34.9. The molecule has 12 unspecified atom stereocenters. The van der Waals surface area contributed by atoms with Gasteiger partial charge >= 0.3 is 0 Å². The molecule has 0 aromatic carbocycles. The molecule has 3 fully saturated rings. The molecular weight excluding hydrogens is 577 g/mol. The second-order valence-electron chi connectivity index (χ2n) is 18.6. The van der Waals surface area contributed by atoms with Crippen molar-refractivity contribution in [3.05, 3.63) is 0 Å². The van der Waals surface area contributed by atoms with E-state index in [9.17, 15) is 0 Å². The highest BCUT2D eigenvalue weighted by molar-refractivity contribution is 5.16. The topological polar surface area (TPSA) is 0 Å². The van der Waals surface area contributed by atoms with Crippen LogP contribution in [0.2, 0.25) is 0 Å². The van der Waals surface area contributed by atoms with Gasteiger partial charge in [0.05, 0.1) is 0 Å². The molecule has 0 heteroatoms. The SMILES string of the molecule is CCCCC(CCC)C(CCCC)C(CCCC)C(CCCC)C(CCCC)C(CCCC)C(CCCC)C1CC2CC3CC(C)C21C3. The molecule has 0 heterocycles. The fraction of sp³-hybridized carbons (Fsp3) is 1.00. The second kappa shape index (κ2) is 22.8. The largest absolute Gasteiger partial charge is 0.0654 e. The molecule has 12 atom stereocenters. The van der Waals surface area contributed by atoms with E-state index in [1.807, 2.05) is 0 Å². The van der Waals surface area contributed by atoms with E-state index >= 15 is 0 Å². The first kappa shape index (κ1) is 42.4. The maximum absolute atomic E-state index is 2.72. The highest BCUT2D eigenvalue weighted by atomic mass is 14.7. The fourth-order valence-electron chi connectivity index (χ4n) is 13.5. The Bertz CT molecular complexity index is 788. The molecule has 0 aromatic rings. The Balaban J connectivity index is 2.14. The molecule has 0 saturated heterocycles. The molecule has 0 N–H and O–H groups in total. The van der Waals surface area contributed by atoms with E-state index in [2.05, 4.69) is 62.3 Å². The van der Waals surface area contributed by atoms with Gasteiger partial charge in [0.1, 0.15) is 0 Å². The molecule has 0 radical (unpaired) electrons. The number of rotatable bonds is 30. The first-order valence-electron chi connectivity index (χ1n) is 23.4. The summed E-state index contributed by atoms with van der Waals surface area (Å²) in [6.07, 6.45) is 40.0. The molecule has 0 amide bonds. The molecule has 3 aliphatic carbocycles. The van der Waals surface area contributed by atoms with Gasteiger partial charge < -0.3 is 0 Å². The Hall–Kier alpha value is 0. The summed E-state index contributed by atoms with van der Waals surface area (Å²) in [4.78, 5) is 0. The van der Waals surface area contributed by atoms with Gasteiger partial charge in [0.2, 0.25) is 0 Å². The Morgan fingerprint density at radius 3 is 1.35 bits per heavy atom. The van der Waals surface area contributed by atoms with Crippen LogP contribution >= 0.6 is 0 Å². The fourth-order valence-corrected chi connectivity index (χ4v) is 13.5. The molecule has 48 heavy (non-hydrogen) atoms. The lowest BCUT2D eigenvalue weighted by Gasteiger charge is -2.61. The van der Waals surface area contributed by atoms with Crippen molar-refractivity contribution < 1.29 is 0 Å². The highest BCUT2D eigenvalue weighted by Gasteiger charge is 2.67. The quantitative estimate of drug-likeness (QED) is 0.0714. The zero-order chi connectivity index (χ0) is 34.9. The number of fused-ring (bicyclic) bond motifs is 1. The smallest absolute Gasteiger partial charge is 0.0209 e. The van der Waals surface area contributed by atoms with Crippen LogP contribution in [0, 0.1) is 70.5 Å². The standard InChI is InChI=1S/C48H92/c1-10-18-26-39(25-17-8)41(27-19-11-2)42(28-20-12-3)43(29-21-13-4)44(30-22-14-5)45(31-23-15-6)46(32-24-16-7)47-35-40-34-38-33-37(9)48(40,47)36-38/h37-47H,10-36H2,1-9H3. The second-order valence-corrected chi connectivity index (χ2v) is 18.6. The van der Waals surface area contributed by atoms with E-state index in [1.54, 1.807) is 44.9 Å². The van der Waals surface area contributed by atoms with Crippen LogP contribution < -0.4 is 0 Å². The molecular formula is C48H92. The van der Waals surface area contributed by atoms with E-state index in [-0.39, 0.29) is 0 Å². The summed E-state index contributed by atoms with van der Waals surface area (Å²) >= 11 is 0.